The minimum Gasteiger partial charge on any atom is -0.310 e. The van der Waals surface area contributed by atoms with Gasteiger partial charge < -0.3 is 5.32 Å². The van der Waals surface area contributed by atoms with E-state index in [1.165, 1.54) is 5.57 Å². The van der Waals surface area contributed by atoms with Crippen molar-refractivity contribution in [3.05, 3.63) is 12.2 Å². The van der Waals surface area contributed by atoms with E-state index in [0.29, 0.717) is 12.0 Å². The highest BCUT2D eigenvalue weighted by Crippen LogP contribution is 2.08. The first kappa shape index (κ1) is 9.70. The molecule has 0 fully saturated rings. The molecule has 0 aromatic heterocycles. The van der Waals surface area contributed by atoms with Gasteiger partial charge in [0.1, 0.15) is 0 Å². The van der Waals surface area contributed by atoms with Crippen LogP contribution in [0, 0.1) is 5.92 Å². The van der Waals surface area contributed by atoms with Crippen LogP contribution in [-0.2, 0) is 0 Å². The quantitative estimate of drug-likeness (QED) is 0.592. The molecule has 0 radical (unpaired) electrons. The molecule has 60 valence electrons. The summed E-state index contributed by atoms with van der Waals surface area (Å²) in [5.41, 5.74) is 1.23. The van der Waals surface area contributed by atoms with Gasteiger partial charge in [-0.1, -0.05) is 32.9 Å². The molecule has 1 nitrogen and oxygen atoms in total. The third kappa shape index (κ3) is 3.02. The van der Waals surface area contributed by atoms with Crippen LogP contribution in [0.25, 0.3) is 0 Å². The summed E-state index contributed by atoms with van der Waals surface area (Å²) in [6.45, 7) is 13.6. The van der Waals surface area contributed by atoms with Crippen LogP contribution < -0.4 is 5.32 Å². The molecule has 0 amide bonds. The van der Waals surface area contributed by atoms with Gasteiger partial charge in [0.05, 0.1) is 0 Å². The fraction of sp³-hybridized carbons (Fsp3) is 0.778. The molecule has 0 aliphatic carbocycles. The molecule has 0 spiro atoms. The smallest absolute Gasteiger partial charge is 0.0297 e. The van der Waals surface area contributed by atoms with Gasteiger partial charge in [0.25, 0.3) is 0 Å². The summed E-state index contributed by atoms with van der Waals surface area (Å²) in [6, 6.07) is 0.491. The van der Waals surface area contributed by atoms with Crippen LogP contribution in [0.4, 0.5) is 0 Å². The van der Waals surface area contributed by atoms with Crippen molar-refractivity contribution in [2.24, 2.45) is 5.92 Å². The van der Waals surface area contributed by atoms with Gasteiger partial charge in [-0.15, -0.1) is 0 Å². The summed E-state index contributed by atoms with van der Waals surface area (Å²) < 4.78 is 0. The molecular formula is C9H19N. The predicted molar refractivity (Wildman–Crippen MR) is 47.1 cm³/mol. The fourth-order valence-corrected chi connectivity index (χ4v) is 1.20. The lowest BCUT2D eigenvalue weighted by Crippen LogP contribution is -2.34. The molecule has 0 aliphatic rings. The highest BCUT2D eigenvalue weighted by atomic mass is 14.9. The molecule has 1 N–H and O–H groups in total. The summed E-state index contributed by atoms with van der Waals surface area (Å²) in [5, 5.41) is 3.38. The molecule has 0 aromatic carbocycles. The molecule has 1 atom stereocenters. The highest BCUT2D eigenvalue weighted by molar-refractivity contribution is 5.02. The van der Waals surface area contributed by atoms with E-state index in [0.717, 1.165) is 6.54 Å². The normalized spacial score (nSPS) is 13.7. The lowest BCUT2D eigenvalue weighted by Gasteiger charge is -2.21. The minimum atomic E-state index is 0.491. The Kier molecular flexibility index (Phi) is 4.37. The monoisotopic (exact) mass is 141 g/mol. The average molecular weight is 141 g/mol. The van der Waals surface area contributed by atoms with E-state index in [9.17, 15) is 0 Å². The van der Waals surface area contributed by atoms with Gasteiger partial charge >= 0.3 is 0 Å². The zero-order valence-electron chi connectivity index (χ0n) is 7.57. The largest absolute Gasteiger partial charge is 0.310 e. The molecule has 0 bridgehead atoms. The van der Waals surface area contributed by atoms with Crippen molar-refractivity contribution in [1.82, 2.24) is 5.32 Å². The number of likely N-dealkylation sites (N-methyl/N-ethyl adjacent to an activating group) is 1. The van der Waals surface area contributed by atoms with Gasteiger partial charge in [0.15, 0.2) is 0 Å². The second-order valence-corrected chi connectivity index (χ2v) is 3.13. The molecule has 0 rings (SSSR count). The average Bonchev–Trinajstić information content (AvgIpc) is 1.81. The first-order chi connectivity index (χ1) is 4.59. The lowest BCUT2D eigenvalue weighted by atomic mass is 9.98. The van der Waals surface area contributed by atoms with Crippen molar-refractivity contribution in [1.29, 1.82) is 0 Å². The van der Waals surface area contributed by atoms with Gasteiger partial charge in [-0.05, 0) is 19.4 Å². The summed E-state index contributed by atoms with van der Waals surface area (Å²) in [4.78, 5) is 0. The third-order valence-electron chi connectivity index (χ3n) is 1.62. The summed E-state index contributed by atoms with van der Waals surface area (Å²) in [6.07, 6.45) is 0. The van der Waals surface area contributed by atoms with Crippen LogP contribution in [0.5, 0.6) is 0 Å². The van der Waals surface area contributed by atoms with E-state index >= 15 is 0 Å². The van der Waals surface area contributed by atoms with Crippen molar-refractivity contribution < 1.29 is 0 Å². The summed E-state index contributed by atoms with van der Waals surface area (Å²) >= 11 is 0. The standard InChI is InChI=1S/C9H19N/c1-6-10-9(7(2)3)8(4)5/h8-10H,2,6H2,1,3-5H3. The SMILES string of the molecule is C=C(C)C(NCC)C(C)C. The highest BCUT2D eigenvalue weighted by Gasteiger charge is 2.10. The summed E-state index contributed by atoms with van der Waals surface area (Å²) in [5.74, 6) is 0.650. The summed E-state index contributed by atoms with van der Waals surface area (Å²) in [7, 11) is 0. The Hall–Kier alpha value is -0.300. The zero-order chi connectivity index (χ0) is 8.15. The second kappa shape index (κ2) is 4.51. The van der Waals surface area contributed by atoms with Crippen molar-refractivity contribution in [3.8, 4) is 0 Å². The predicted octanol–water partition coefficient (Wildman–Crippen LogP) is 2.20. The topological polar surface area (TPSA) is 12.0 Å². The number of hydrogen-bond donors (Lipinski definition) is 1. The Morgan fingerprint density at radius 2 is 2.00 bits per heavy atom. The third-order valence-corrected chi connectivity index (χ3v) is 1.62. The van der Waals surface area contributed by atoms with Crippen molar-refractivity contribution in [2.45, 2.75) is 33.7 Å². The Labute approximate surface area is 64.5 Å². The molecule has 10 heavy (non-hydrogen) atoms. The van der Waals surface area contributed by atoms with Gasteiger partial charge in [-0.25, -0.2) is 0 Å². The van der Waals surface area contributed by atoms with Crippen LogP contribution in [0.15, 0.2) is 12.2 Å². The number of hydrogen-bond acceptors (Lipinski definition) is 1. The first-order valence-electron chi connectivity index (χ1n) is 3.98. The fourth-order valence-electron chi connectivity index (χ4n) is 1.20. The van der Waals surface area contributed by atoms with Crippen molar-refractivity contribution >= 4 is 0 Å². The van der Waals surface area contributed by atoms with Gasteiger partial charge in [-0.2, -0.15) is 0 Å². The molecule has 0 heterocycles. The Bertz CT molecular complexity index is 105. The van der Waals surface area contributed by atoms with Crippen LogP contribution in [-0.4, -0.2) is 12.6 Å². The second-order valence-electron chi connectivity index (χ2n) is 3.13. The van der Waals surface area contributed by atoms with Crippen LogP contribution >= 0.6 is 0 Å². The van der Waals surface area contributed by atoms with E-state index in [4.69, 9.17) is 0 Å². The van der Waals surface area contributed by atoms with E-state index in [1.807, 2.05) is 0 Å². The molecule has 0 aromatic rings. The number of rotatable bonds is 4. The first-order valence-corrected chi connectivity index (χ1v) is 3.98. The maximum absolute atomic E-state index is 3.93. The molecule has 0 saturated heterocycles. The van der Waals surface area contributed by atoms with Crippen molar-refractivity contribution in [3.63, 3.8) is 0 Å². The maximum atomic E-state index is 3.93. The molecule has 1 heteroatoms. The number of nitrogens with one attached hydrogen (secondary N) is 1. The molecular weight excluding hydrogens is 122 g/mol. The van der Waals surface area contributed by atoms with Gasteiger partial charge in [0.2, 0.25) is 0 Å². The van der Waals surface area contributed by atoms with Crippen molar-refractivity contribution in [2.75, 3.05) is 6.54 Å². The van der Waals surface area contributed by atoms with Crippen LogP contribution in [0.2, 0.25) is 0 Å². The lowest BCUT2D eigenvalue weighted by molar-refractivity contribution is 0.457. The minimum absolute atomic E-state index is 0.491. The van der Waals surface area contributed by atoms with Gasteiger partial charge in [-0.3, -0.25) is 0 Å². The van der Waals surface area contributed by atoms with Gasteiger partial charge in [0, 0.05) is 6.04 Å². The molecule has 1 unspecified atom stereocenters. The van der Waals surface area contributed by atoms with Crippen LogP contribution in [0.1, 0.15) is 27.7 Å². The Balaban J connectivity index is 3.85. The molecule has 0 saturated carbocycles. The Morgan fingerprint density at radius 1 is 1.50 bits per heavy atom. The zero-order valence-corrected chi connectivity index (χ0v) is 7.57. The van der Waals surface area contributed by atoms with E-state index in [2.05, 4.69) is 39.6 Å². The maximum Gasteiger partial charge on any atom is 0.0297 e. The Morgan fingerprint density at radius 3 is 2.10 bits per heavy atom. The van der Waals surface area contributed by atoms with E-state index < -0.39 is 0 Å². The van der Waals surface area contributed by atoms with Crippen LogP contribution in [0.3, 0.4) is 0 Å². The molecule has 0 aliphatic heterocycles. The van der Waals surface area contributed by atoms with E-state index in [-0.39, 0.29) is 0 Å². The van der Waals surface area contributed by atoms with E-state index in [1.54, 1.807) is 0 Å².